The van der Waals surface area contributed by atoms with Gasteiger partial charge >= 0.3 is 0 Å². The van der Waals surface area contributed by atoms with Gasteiger partial charge in [0.25, 0.3) is 11.6 Å². The minimum atomic E-state index is -3.68. The molecule has 0 radical (unpaired) electrons. The van der Waals surface area contributed by atoms with E-state index in [-0.39, 0.29) is 16.0 Å². The van der Waals surface area contributed by atoms with Crippen molar-refractivity contribution in [1.82, 2.24) is 10.2 Å². The first-order chi connectivity index (χ1) is 12.0. The van der Waals surface area contributed by atoms with E-state index in [1.54, 1.807) is 0 Å². The first kappa shape index (κ1) is 20.3. The number of nitro groups is 1. The number of carbonyl (C=O) groups excluding carboxylic acids is 1. The average molecular weight is 385 g/mol. The first-order valence-corrected chi connectivity index (χ1v) is 10.0. The fourth-order valence-corrected chi connectivity index (χ4v) is 3.39. The number of ether oxygens (including phenoxy) is 1. The van der Waals surface area contributed by atoms with Crippen molar-refractivity contribution in [3.8, 4) is 0 Å². The molecule has 1 N–H and O–H groups in total. The van der Waals surface area contributed by atoms with Gasteiger partial charge in [-0.25, -0.2) is 8.42 Å². The summed E-state index contributed by atoms with van der Waals surface area (Å²) < 4.78 is 28.8. The van der Waals surface area contributed by atoms with Crippen molar-refractivity contribution < 1.29 is 22.9 Å². The number of hydrogen-bond donors (Lipinski definition) is 1. The lowest BCUT2D eigenvalue weighted by Gasteiger charge is -2.40. The van der Waals surface area contributed by atoms with Crippen LogP contribution in [-0.2, 0) is 14.6 Å². The molecule has 0 spiro atoms. The molecular formula is C16H23N3O6S. The Labute approximate surface area is 152 Å². The third-order valence-electron chi connectivity index (χ3n) is 4.34. The maximum Gasteiger partial charge on any atom is 0.271 e. The number of carbonyl (C=O) groups is 1. The Kier molecular flexibility index (Phi) is 5.99. The van der Waals surface area contributed by atoms with Crippen molar-refractivity contribution in [2.45, 2.75) is 24.3 Å². The number of nitro benzene ring substituents is 1. The lowest BCUT2D eigenvalue weighted by molar-refractivity contribution is -0.385. The summed E-state index contributed by atoms with van der Waals surface area (Å²) in [4.78, 5) is 24.7. The lowest BCUT2D eigenvalue weighted by Crippen LogP contribution is -2.55. The molecule has 2 rings (SSSR count). The van der Waals surface area contributed by atoms with E-state index < -0.39 is 26.4 Å². The van der Waals surface area contributed by atoms with Crippen LogP contribution in [0.5, 0.6) is 0 Å². The van der Waals surface area contributed by atoms with Gasteiger partial charge in [-0.05, 0) is 19.9 Å². The van der Waals surface area contributed by atoms with Crippen molar-refractivity contribution in [1.29, 1.82) is 0 Å². The van der Waals surface area contributed by atoms with Crippen LogP contribution >= 0.6 is 0 Å². The van der Waals surface area contributed by atoms with Crippen LogP contribution in [0.15, 0.2) is 23.1 Å². The molecular weight excluding hydrogens is 362 g/mol. The third-order valence-corrected chi connectivity index (χ3v) is 5.43. The standard InChI is InChI=1S/C16H23N3O6S/c1-16(2,18-4-6-25-7-5-18)11-17-15(20)12-8-13(19(21)22)10-14(9-12)26(3,23)24/h8-10H,4-7,11H2,1-3H3,(H,17,20). The van der Waals surface area contributed by atoms with E-state index in [2.05, 4.69) is 10.2 Å². The Morgan fingerprint density at radius 3 is 2.46 bits per heavy atom. The second-order valence-electron chi connectivity index (χ2n) is 6.84. The number of nitrogens with one attached hydrogen (secondary N) is 1. The van der Waals surface area contributed by atoms with E-state index in [9.17, 15) is 23.3 Å². The second kappa shape index (κ2) is 7.68. The van der Waals surface area contributed by atoms with Crippen molar-refractivity contribution >= 4 is 21.4 Å². The zero-order valence-electron chi connectivity index (χ0n) is 15.0. The Hall–Kier alpha value is -2.04. The molecule has 26 heavy (non-hydrogen) atoms. The number of non-ortho nitro benzene ring substituents is 1. The highest BCUT2D eigenvalue weighted by molar-refractivity contribution is 7.90. The largest absolute Gasteiger partial charge is 0.379 e. The van der Waals surface area contributed by atoms with Gasteiger partial charge in [0, 0.05) is 49.1 Å². The molecule has 144 valence electrons. The molecule has 10 heteroatoms. The van der Waals surface area contributed by atoms with Gasteiger partial charge in [-0.2, -0.15) is 0 Å². The van der Waals surface area contributed by atoms with Crippen molar-refractivity contribution in [3.05, 3.63) is 33.9 Å². The van der Waals surface area contributed by atoms with Crippen molar-refractivity contribution in [2.75, 3.05) is 39.1 Å². The summed E-state index contributed by atoms with van der Waals surface area (Å²) in [5, 5.41) is 13.8. The van der Waals surface area contributed by atoms with Crippen LogP contribution in [0, 0.1) is 10.1 Å². The molecule has 0 unspecified atom stereocenters. The number of hydrogen-bond acceptors (Lipinski definition) is 7. The van der Waals surface area contributed by atoms with Crippen LogP contribution in [0.25, 0.3) is 0 Å². The second-order valence-corrected chi connectivity index (χ2v) is 8.86. The number of rotatable bonds is 6. The fraction of sp³-hybridized carbons (Fsp3) is 0.562. The zero-order chi connectivity index (χ0) is 19.5. The fourth-order valence-electron chi connectivity index (χ4n) is 2.71. The quantitative estimate of drug-likeness (QED) is 0.569. The highest BCUT2D eigenvalue weighted by Crippen LogP contribution is 2.21. The highest BCUT2D eigenvalue weighted by atomic mass is 32.2. The van der Waals surface area contributed by atoms with Gasteiger partial charge < -0.3 is 10.1 Å². The summed E-state index contributed by atoms with van der Waals surface area (Å²) in [5.74, 6) is -0.556. The van der Waals surface area contributed by atoms with Crippen molar-refractivity contribution in [3.63, 3.8) is 0 Å². The molecule has 9 nitrogen and oxygen atoms in total. The van der Waals surface area contributed by atoms with Crippen LogP contribution in [0.3, 0.4) is 0 Å². The minimum absolute atomic E-state index is 0.0580. The number of amides is 1. The SMILES string of the molecule is CC(C)(CNC(=O)c1cc([N+](=O)[O-])cc(S(C)(=O)=O)c1)N1CCOCC1. The number of nitrogens with zero attached hydrogens (tertiary/aromatic N) is 2. The smallest absolute Gasteiger partial charge is 0.271 e. The Morgan fingerprint density at radius 1 is 1.31 bits per heavy atom. The number of sulfone groups is 1. The van der Waals surface area contributed by atoms with Gasteiger partial charge in [0.1, 0.15) is 0 Å². The van der Waals surface area contributed by atoms with Gasteiger partial charge in [-0.1, -0.05) is 0 Å². The zero-order valence-corrected chi connectivity index (χ0v) is 15.8. The molecule has 1 heterocycles. The Bertz CT molecular complexity index is 800. The average Bonchev–Trinajstić information content (AvgIpc) is 2.59. The molecule has 1 aliphatic heterocycles. The highest BCUT2D eigenvalue weighted by Gasteiger charge is 2.29. The molecule has 1 amide bonds. The summed E-state index contributed by atoms with van der Waals surface area (Å²) >= 11 is 0. The summed E-state index contributed by atoms with van der Waals surface area (Å²) in [6.45, 7) is 7.01. The van der Waals surface area contributed by atoms with Gasteiger partial charge in [0.15, 0.2) is 9.84 Å². The summed E-state index contributed by atoms with van der Waals surface area (Å²) in [6, 6.07) is 3.18. The molecule has 0 bridgehead atoms. The number of morpholine rings is 1. The third kappa shape index (κ3) is 4.99. The molecule has 0 aromatic heterocycles. The predicted octanol–water partition coefficient (Wildman–Crippen LogP) is 0.839. The Morgan fingerprint density at radius 2 is 1.92 bits per heavy atom. The lowest BCUT2D eigenvalue weighted by atomic mass is 10.0. The van der Waals surface area contributed by atoms with Crippen LogP contribution in [0.2, 0.25) is 0 Å². The molecule has 0 aliphatic carbocycles. The number of benzene rings is 1. The van der Waals surface area contributed by atoms with E-state index in [0.29, 0.717) is 19.8 Å². The van der Waals surface area contributed by atoms with Crippen LogP contribution < -0.4 is 5.32 Å². The van der Waals surface area contributed by atoms with E-state index in [4.69, 9.17) is 4.74 Å². The van der Waals surface area contributed by atoms with Crippen molar-refractivity contribution in [2.24, 2.45) is 0 Å². The maximum atomic E-state index is 12.5. The van der Waals surface area contributed by atoms with Gasteiger partial charge in [-0.15, -0.1) is 0 Å². The van der Waals surface area contributed by atoms with Gasteiger partial charge in [-0.3, -0.25) is 19.8 Å². The molecule has 1 saturated heterocycles. The molecule has 1 aliphatic rings. The molecule has 1 aromatic carbocycles. The predicted molar refractivity (Wildman–Crippen MR) is 95.0 cm³/mol. The van der Waals surface area contributed by atoms with Gasteiger partial charge in [0.05, 0.1) is 23.0 Å². The monoisotopic (exact) mass is 385 g/mol. The van der Waals surface area contributed by atoms with Crippen LogP contribution in [0.1, 0.15) is 24.2 Å². The molecule has 1 aromatic rings. The topological polar surface area (TPSA) is 119 Å². The normalized spacial score (nSPS) is 16.3. The summed E-state index contributed by atoms with van der Waals surface area (Å²) in [7, 11) is -3.68. The first-order valence-electron chi connectivity index (χ1n) is 8.11. The minimum Gasteiger partial charge on any atom is -0.379 e. The van der Waals surface area contributed by atoms with Crippen LogP contribution in [-0.4, -0.2) is 68.8 Å². The van der Waals surface area contributed by atoms with E-state index in [1.165, 1.54) is 0 Å². The van der Waals surface area contributed by atoms with E-state index in [1.807, 2.05) is 13.8 Å². The summed E-state index contributed by atoms with van der Waals surface area (Å²) in [6.07, 6.45) is 0.940. The summed E-state index contributed by atoms with van der Waals surface area (Å²) in [5.41, 5.74) is -0.831. The van der Waals surface area contributed by atoms with Crippen LogP contribution in [0.4, 0.5) is 5.69 Å². The molecule has 0 saturated carbocycles. The maximum absolute atomic E-state index is 12.5. The van der Waals surface area contributed by atoms with Gasteiger partial charge in [0.2, 0.25) is 0 Å². The molecule has 1 fully saturated rings. The van der Waals surface area contributed by atoms with E-state index >= 15 is 0 Å². The van der Waals surface area contributed by atoms with E-state index in [0.717, 1.165) is 37.5 Å². The molecule has 0 atom stereocenters. The Balaban J connectivity index is 2.18.